The molecule has 21 heavy (non-hydrogen) atoms. The molecule has 0 aliphatic carbocycles. The molecule has 2 rings (SSSR count). The normalized spacial score (nSPS) is 24.0. The van der Waals surface area contributed by atoms with Crippen molar-refractivity contribution in [3.63, 3.8) is 0 Å². The number of hydrogen-bond donors (Lipinski definition) is 1. The first-order valence-electron chi connectivity index (χ1n) is 8.00. The van der Waals surface area contributed by atoms with E-state index in [0.29, 0.717) is 5.92 Å². The SMILES string of the molecule is CCCN1CCCCC(CNC)C1c1cc(F)cc(F)c1. The Morgan fingerprint density at radius 3 is 2.52 bits per heavy atom. The summed E-state index contributed by atoms with van der Waals surface area (Å²) >= 11 is 0. The maximum atomic E-state index is 13.6. The van der Waals surface area contributed by atoms with Crippen LogP contribution in [0, 0.1) is 17.6 Å². The van der Waals surface area contributed by atoms with E-state index in [-0.39, 0.29) is 6.04 Å². The van der Waals surface area contributed by atoms with Crippen molar-refractivity contribution in [1.82, 2.24) is 10.2 Å². The van der Waals surface area contributed by atoms with E-state index < -0.39 is 11.6 Å². The van der Waals surface area contributed by atoms with Gasteiger partial charge in [-0.1, -0.05) is 13.3 Å². The zero-order chi connectivity index (χ0) is 15.2. The van der Waals surface area contributed by atoms with Crippen LogP contribution in [0.4, 0.5) is 8.78 Å². The molecule has 1 aromatic carbocycles. The summed E-state index contributed by atoms with van der Waals surface area (Å²) < 4.78 is 27.3. The van der Waals surface area contributed by atoms with Gasteiger partial charge in [0.25, 0.3) is 0 Å². The van der Waals surface area contributed by atoms with Crippen molar-refractivity contribution in [2.75, 3.05) is 26.7 Å². The van der Waals surface area contributed by atoms with Crippen LogP contribution in [0.25, 0.3) is 0 Å². The van der Waals surface area contributed by atoms with Crippen LogP contribution in [-0.2, 0) is 0 Å². The predicted octanol–water partition coefficient (Wildman–Crippen LogP) is 3.74. The average Bonchev–Trinajstić information content (AvgIpc) is 2.61. The van der Waals surface area contributed by atoms with Crippen LogP contribution in [0.5, 0.6) is 0 Å². The fraction of sp³-hybridized carbons (Fsp3) is 0.647. The molecule has 2 nitrogen and oxygen atoms in total. The van der Waals surface area contributed by atoms with Gasteiger partial charge in [0.15, 0.2) is 0 Å². The molecular weight excluding hydrogens is 270 g/mol. The summed E-state index contributed by atoms with van der Waals surface area (Å²) in [5.74, 6) is -0.562. The smallest absolute Gasteiger partial charge is 0.126 e. The Morgan fingerprint density at radius 1 is 1.19 bits per heavy atom. The van der Waals surface area contributed by atoms with E-state index >= 15 is 0 Å². The number of halogens is 2. The van der Waals surface area contributed by atoms with E-state index in [0.717, 1.165) is 50.5 Å². The summed E-state index contributed by atoms with van der Waals surface area (Å²) in [7, 11) is 1.94. The van der Waals surface area contributed by atoms with Crippen molar-refractivity contribution in [3.05, 3.63) is 35.4 Å². The number of likely N-dealkylation sites (tertiary alicyclic amines) is 1. The van der Waals surface area contributed by atoms with Gasteiger partial charge in [0.05, 0.1) is 0 Å². The van der Waals surface area contributed by atoms with E-state index in [9.17, 15) is 8.78 Å². The standard InChI is InChI=1S/C17H26F2N2/c1-3-7-21-8-5-4-6-13(12-20-2)17(21)14-9-15(18)11-16(19)10-14/h9-11,13,17,20H,3-8,12H2,1-2H3. The molecule has 2 atom stereocenters. The third kappa shape index (κ3) is 4.24. The predicted molar refractivity (Wildman–Crippen MR) is 82.2 cm³/mol. The lowest BCUT2D eigenvalue weighted by molar-refractivity contribution is 0.154. The monoisotopic (exact) mass is 296 g/mol. The molecule has 0 bridgehead atoms. The van der Waals surface area contributed by atoms with Crippen molar-refractivity contribution in [2.24, 2.45) is 5.92 Å². The molecule has 1 saturated heterocycles. The molecular formula is C17H26F2N2. The van der Waals surface area contributed by atoms with Crippen molar-refractivity contribution in [2.45, 2.75) is 38.6 Å². The molecule has 1 heterocycles. The molecule has 118 valence electrons. The summed E-state index contributed by atoms with van der Waals surface area (Å²) in [5, 5.41) is 3.24. The van der Waals surface area contributed by atoms with E-state index in [1.807, 2.05) is 7.05 Å². The van der Waals surface area contributed by atoms with E-state index in [1.165, 1.54) is 18.6 Å². The second-order valence-corrected chi connectivity index (χ2v) is 6.00. The van der Waals surface area contributed by atoms with Crippen LogP contribution in [0.1, 0.15) is 44.2 Å². The third-order valence-electron chi connectivity index (χ3n) is 4.31. The molecule has 0 spiro atoms. The van der Waals surface area contributed by atoms with Gasteiger partial charge in [-0.2, -0.15) is 0 Å². The molecule has 1 aliphatic rings. The summed E-state index contributed by atoms with van der Waals surface area (Å²) in [5.41, 5.74) is 0.781. The van der Waals surface area contributed by atoms with E-state index in [4.69, 9.17) is 0 Å². The van der Waals surface area contributed by atoms with Gasteiger partial charge in [0.2, 0.25) is 0 Å². The molecule has 0 saturated carbocycles. The molecule has 1 fully saturated rings. The van der Waals surface area contributed by atoms with Crippen LogP contribution in [0.15, 0.2) is 18.2 Å². The first-order valence-corrected chi connectivity index (χ1v) is 8.00. The lowest BCUT2D eigenvalue weighted by atomic mass is 9.89. The number of benzene rings is 1. The van der Waals surface area contributed by atoms with Crippen molar-refractivity contribution < 1.29 is 8.78 Å². The van der Waals surface area contributed by atoms with Crippen molar-refractivity contribution in [3.8, 4) is 0 Å². The summed E-state index contributed by atoms with van der Waals surface area (Å²) in [6.45, 7) is 5.02. The van der Waals surface area contributed by atoms with Gasteiger partial charge in [-0.3, -0.25) is 4.90 Å². The fourth-order valence-corrected chi connectivity index (χ4v) is 3.56. The second kappa shape index (κ2) is 7.85. The Bertz CT molecular complexity index is 414. The minimum absolute atomic E-state index is 0.102. The zero-order valence-corrected chi connectivity index (χ0v) is 13.0. The van der Waals surface area contributed by atoms with Gasteiger partial charge in [-0.05, 0) is 69.6 Å². The number of nitrogens with one attached hydrogen (secondary N) is 1. The Balaban J connectivity index is 2.36. The Hall–Kier alpha value is -1.00. The minimum atomic E-state index is -0.478. The maximum absolute atomic E-state index is 13.6. The first-order chi connectivity index (χ1) is 10.2. The Morgan fingerprint density at radius 2 is 1.90 bits per heavy atom. The van der Waals surface area contributed by atoms with Crippen LogP contribution in [0.3, 0.4) is 0 Å². The molecule has 1 aliphatic heterocycles. The van der Waals surface area contributed by atoms with Gasteiger partial charge < -0.3 is 5.32 Å². The molecule has 1 aromatic rings. The van der Waals surface area contributed by atoms with Gasteiger partial charge in [-0.25, -0.2) is 8.78 Å². The quantitative estimate of drug-likeness (QED) is 0.890. The van der Waals surface area contributed by atoms with Gasteiger partial charge in [-0.15, -0.1) is 0 Å². The topological polar surface area (TPSA) is 15.3 Å². The average molecular weight is 296 g/mol. The summed E-state index contributed by atoms with van der Waals surface area (Å²) in [6, 6.07) is 4.07. The van der Waals surface area contributed by atoms with Crippen LogP contribution < -0.4 is 5.32 Å². The van der Waals surface area contributed by atoms with Crippen LogP contribution in [0.2, 0.25) is 0 Å². The van der Waals surface area contributed by atoms with Crippen molar-refractivity contribution >= 4 is 0 Å². The number of rotatable bonds is 5. The highest BCUT2D eigenvalue weighted by atomic mass is 19.1. The van der Waals surface area contributed by atoms with Crippen LogP contribution in [-0.4, -0.2) is 31.6 Å². The Labute approximate surface area is 126 Å². The second-order valence-electron chi connectivity index (χ2n) is 6.00. The maximum Gasteiger partial charge on any atom is 0.126 e. The molecule has 4 heteroatoms. The molecule has 0 aromatic heterocycles. The number of nitrogens with zero attached hydrogens (tertiary/aromatic N) is 1. The van der Waals surface area contributed by atoms with Gasteiger partial charge in [0, 0.05) is 12.1 Å². The molecule has 1 N–H and O–H groups in total. The highest BCUT2D eigenvalue weighted by Gasteiger charge is 2.30. The van der Waals surface area contributed by atoms with Crippen molar-refractivity contribution in [1.29, 1.82) is 0 Å². The highest BCUT2D eigenvalue weighted by Crippen LogP contribution is 2.35. The minimum Gasteiger partial charge on any atom is -0.319 e. The zero-order valence-electron chi connectivity index (χ0n) is 13.0. The van der Waals surface area contributed by atoms with Gasteiger partial charge in [0.1, 0.15) is 11.6 Å². The van der Waals surface area contributed by atoms with E-state index in [2.05, 4.69) is 17.1 Å². The first kappa shape index (κ1) is 16.4. The molecule has 0 amide bonds. The lowest BCUT2D eigenvalue weighted by Gasteiger charge is -2.35. The van der Waals surface area contributed by atoms with Gasteiger partial charge >= 0.3 is 0 Å². The molecule has 0 radical (unpaired) electrons. The fourth-order valence-electron chi connectivity index (χ4n) is 3.56. The highest BCUT2D eigenvalue weighted by molar-refractivity contribution is 5.23. The summed E-state index contributed by atoms with van der Waals surface area (Å²) in [6.07, 6.45) is 4.50. The lowest BCUT2D eigenvalue weighted by Crippen LogP contribution is -2.37. The van der Waals surface area contributed by atoms with Crippen LogP contribution >= 0.6 is 0 Å². The number of hydrogen-bond acceptors (Lipinski definition) is 2. The molecule has 2 unspecified atom stereocenters. The largest absolute Gasteiger partial charge is 0.319 e. The summed E-state index contributed by atoms with van der Waals surface area (Å²) in [4.78, 5) is 2.41. The van der Waals surface area contributed by atoms with E-state index in [1.54, 1.807) is 0 Å². The Kier molecular flexibility index (Phi) is 6.12. The third-order valence-corrected chi connectivity index (χ3v) is 4.31.